The SMILES string of the molecule is CC(C)(C)c1cc2c([c-]c1-c1ccccc1)Cc1cc(-c3ccccc3)c(C(C)(C)C)cc1-2.Clc1cccc([CH]=[Zr+2])c1.[Cl-].[Cl-].c1cc[cH-]c1. The summed E-state index contributed by atoms with van der Waals surface area (Å²) < 4.78 is 2.11. The molecule has 7 rings (SSSR count). The Labute approximate surface area is 326 Å². The van der Waals surface area contributed by atoms with Crippen molar-refractivity contribution < 1.29 is 49.0 Å². The molecular weight excluding hydrogens is 738 g/mol. The van der Waals surface area contributed by atoms with Gasteiger partial charge in [0.25, 0.3) is 0 Å². The second-order valence-corrected chi connectivity index (χ2v) is 15.2. The minimum absolute atomic E-state index is 0. The zero-order chi connectivity index (χ0) is 33.6. The first kappa shape index (κ1) is 40.5. The van der Waals surface area contributed by atoms with E-state index in [9.17, 15) is 0 Å². The fourth-order valence-electron chi connectivity index (χ4n) is 6.02. The fourth-order valence-corrected chi connectivity index (χ4v) is 6.66. The number of fused-ring (bicyclic) bond motifs is 3. The molecule has 0 spiro atoms. The van der Waals surface area contributed by atoms with Gasteiger partial charge in [0.1, 0.15) is 0 Å². The third kappa shape index (κ3) is 10.3. The van der Waals surface area contributed by atoms with Gasteiger partial charge in [0.15, 0.2) is 0 Å². The molecule has 6 aromatic rings. The minimum Gasteiger partial charge on any atom is -1.00 e. The van der Waals surface area contributed by atoms with Gasteiger partial charge in [-0.2, -0.15) is 18.2 Å². The van der Waals surface area contributed by atoms with Crippen molar-refractivity contribution in [3.8, 4) is 33.4 Å². The van der Waals surface area contributed by atoms with Gasteiger partial charge in [-0.05, 0) is 39.5 Å². The van der Waals surface area contributed by atoms with Gasteiger partial charge < -0.3 is 24.8 Å². The van der Waals surface area contributed by atoms with E-state index in [1.165, 1.54) is 85.4 Å². The molecule has 0 radical (unpaired) electrons. The summed E-state index contributed by atoms with van der Waals surface area (Å²) in [6.45, 7) is 13.9. The fraction of sp³-hybridized carbons (Fsp3) is 0.200. The molecule has 4 heteroatoms. The van der Waals surface area contributed by atoms with Crippen LogP contribution in [0.5, 0.6) is 0 Å². The van der Waals surface area contributed by atoms with Crippen molar-refractivity contribution in [3.63, 3.8) is 0 Å². The second kappa shape index (κ2) is 17.8. The molecular formula is C45H43Cl3Zr-2. The van der Waals surface area contributed by atoms with Crippen LogP contribution >= 0.6 is 11.6 Å². The Morgan fingerprint density at radius 1 is 0.633 bits per heavy atom. The van der Waals surface area contributed by atoms with Gasteiger partial charge in [0, 0.05) is 0 Å². The number of rotatable bonds is 3. The van der Waals surface area contributed by atoms with Crippen molar-refractivity contribution >= 4 is 15.3 Å². The van der Waals surface area contributed by atoms with Crippen LogP contribution in [-0.4, -0.2) is 3.71 Å². The summed E-state index contributed by atoms with van der Waals surface area (Å²) in [5.74, 6) is 0. The van der Waals surface area contributed by atoms with Crippen molar-refractivity contribution in [2.75, 3.05) is 0 Å². The zero-order valence-electron chi connectivity index (χ0n) is 29.1. The molecule has 0 saturated heterocycles. The van der Waals surface area contributed by atoms with Gasteiger partial charge in [-0.3, -0.25) is 0 Å². The van der Waals surface area contributed by atoms with E-state index >= 15 is 0 Å². The number of hydrogen-bond donors (Lipinski definition) is 0. The summed E-state index contributed by atoms with van der Waals surface area (Å²) in [6, 6.07) is 50.7. The normalized spacial score (nSPS) is 11.3. The van der Waals surface area contributed by atoms with E-state index in [0.29, 0.717) is 0 Å². The number of hydrogen-bond acceptors (Lipinski definition) is 0. The smallest absolute Gasteiger partial charge is 0.172 e. The van der Waals surface area contributed by atoms with Gasteiger partial charge in [0.2, 0.25) is 0 Å². The summed E-state index contributed by atoms with van der Waals surface area (Å²) in [5.41, 5.74) is 14.7. The van der Waals surface area contributed by atoms with Crippen molar-refractivity contribution in [1.82, 2.24) is 0 Å². The van der Waals surface area contributed by atoms with Gasteiger partial charge in [0.05, 0.1) is 0 Å². The Balaban J connectivity index is 0.000000338. The van der Waals surface area contributed by atoms with E-state index in [1.54, 1.807) is 0 Å². The van der Waals surface area contributed by atoms with Crippen molar-refractivity contribution in [3.05, 3.63) is 172 Å². The molecule has 0 aromatic heterocycles. The van der Waals surface area contributed by atoms with Crippen LogP contribution in [0.3, 0.4) is 0 Å². The number of benzene rings is 5. The summed E-state index contributed by atoms with van der Waals surface area (Å²) in [7, 11) is 0. The third-order valence-corrected chi connectivity index (χ3v) is 9.45. The van der Waals surface area contributed by atoms with Crippen molar-refractivity contribution in [1.29, 1.82) is 0 Å². The predicted molar refractivity (Wildman–Crippen MR) is 200 cm³/mol. The maximum Gasteiger partial charge on any atom is -0.172 e. The molecule has 49 heavy (non-hydrogen) atoms. The van der Waals surface area contributed by atoms with Crippen LogP contribution in [0, 0.1) is 6.07 Å². The van der Waals surface area contributed by atoms with Crippen LogP contribution < -0.4 is 24.8 Å². The molecule has 1 aliphatic carbocycles. The minimum atomic E-state index is 0. The average Bonchev–Trinajstić information content (AvgIpc) is 3.76. The molecule has 0 bridgehead atoms. The quantitative estimate of drug-likeness (QED) is 0.181. The topological polar surface area (TPSA) is 0 Å². The summed E-state index contributed by atoms with van der Waals surface area (Å²) >= 11 is 7.12. The zero-order valence-corrected chi connectivity index (χ0v) is 33.8. The van der Waals surface area contributed by atoms with Crippen molar-refractivity contribution in [2.45, 2.75) is 58.8 Å². The molecule has 6 aromatic carbocycles. The summed E-state index contributed by atoms with van der Waals surface area (Å²) in [4.78, 5) is 0. The molecule has 0 aliphatic heterocycles. The Morgan fingerprint density at radius 2 is 1.20 bits per heavy atom. The first-order valence-corrected chi connectivity index (χ1v) is 18.1. The Hall–Kier alpha value is -2.93. The van der Waals surface area contributed by atoms with Crippen LogP contribution in [0.25, 0.3) is 33.4 Å². The monoisotopic (exact) mass is 778 g/mol. The van der Waals surface area contributed by atoms with Crippen LogP contribution in [0.4, 0.5) is 0 Å². The maximum atomic E-state index is 5.71. The molecule has 0 unspecified atom stereocenters. The largest absolute Gasteiger partial charge is 1.00 e. The van der Waals surface area contributed by atoms with Gasteiger partial charge in [-0.15, -0.1) is 28.8 Å². The average molecular weight is 781 g/mol. The predicted octanol–water partition coefficient (Wildman–Crippen LogP) is 6.44. The first-order chi connectivity index (χ1) is 22.5. The molecule has 0 nitrogen and oxygen atoms in total. The van der Waals surface area contributed by atoms with Gasteiger partial charge in [-0.1, -0.05) is 131 Å². The molecule has 0 saturated carbocycles. The summed E-state index contributed by atoms with van der Waals surface area (Å²) in [6.07, 6.45) is 0.944. The molecule has 0 fully saturated rings. The first-order valence-electron chi connectivity index (χ1n) is 16.3. The van der Waals surface area contributed by atoms with Crippen molar-refractivity contribution in [2.24, 2.45) is 0 Å². The second-order valence-electron chi connectivity index (χ2n) is 14.1. The third-order valence-electron chi connectivity index (χ3n) is 8.39. The standard InChI is InChI=1S/C33H33.C7H5Cl.C5H5.2ClH.Zr/c1-32(2,3)30-20-26-24(18-28(30)22-13-9-7-10-14-22)17-25-19-29(23-15-11-8-12-16-23)31(21-27(25)26)33(4,5)6;1-6-3-2-4-7(8)5-6;1-2-4-5-3-1;;;/h7-16,18,20-21H,17H2,1-6H3;1-5H;1-5H;2*1H;/q-1;;-1;;;+2/p-2. The van der Waals surface area contributed by atoms with Gasteiger partial charge >= 0.3 is 74.4 Å². The Morgan fingerprint density at radius 3 is 1.69 bits per heavy atom. The Bertz CT molecular complexity index is 1810. The van der Waals surface area contributed by atoms with E-state index in [4.69, 9.17) is 11.6 Å². The molecule has 0 N–H and O–H groups in total. The van der Waals surface area contributed by atoms with Gasteiger partial charge in [-0.25, -0.2) is 12.1 Å². The summed E-state index contributed by atoms with van der Waals surface area (Å²) in [5, 5.41) is 0.811. The molecule has 0 atom stereocenters. The van der Waals surface area contributed by atoms with E-state index in [1.807, 2.05) is 54.6 Å². The number of halogens is 3. The Kier molecular flexibility index (Phi) is 14.7. The molecule has 250 valence electrons. The molecule has 0 amide bonds. The maximum absolute atomic E-state index is 5.71. The van der Waals surface area contributed by atoms with E-state index in [2.05, 4.69) is 130 Å². The molecule has 0 heterocycles. The van der Waals surface area contributed by atoms with Crippen LogP contribution in [0.15, 0.2) is 133 Å². The van der Waals surface area contributed by atoms with E-state index in [-0.39, 0.29) is 35.6 Å². The molecule has 1 aliphatic rings. The van der Waals surface area contributed by atoms with E-state index in [0.717, 1.165) is 11.4 Å². The van der Waals surface area contributed by atoms with Crippen LogP contribution in [0.1, 0.15) is 69.4 Å². The van der Waals surface area contributed by atoms with E-state index < -0.39 is 0 Å². The van der Waals surface area contributed by atoms with Crippen LogP contribution in [0.2, 0.25) is 5.02 Å². The van der Waals surface area contributed by atoms with Crippen LogP contribution in [-0.2, 0) is 41.5 Å².